The molecule has 0 bridgehead atoms. The van der Waals surface area contributed by atoms with E-state index in [0.29, 0.717) is 17.5 Å². The zero-order valence-electron chi connectivity index (χ0n) is 8.25. The van der Waals surface area contributed by atoms with E-state index in [4.69, 9.17) is 11.6 Å². The molecular weight excluding hydrogens is 236 g/mol. The van der Waals surface area contributed by atoms with Crippen molar-refractivity contribution < 1.29 is 0 Å². The third-order valence-electron chi connectivity index (χ3n) is 1.84. The third kappa shape index (κ3) is 2.24. The summed E-state index contributed by atoms with van der Waals surface area (Å²) in [4.78, 5) is 1.88. The Morgan fingerprint density at radius 3 is 2.87 bits per heavy atom. The van der Waals surface area contributed by atoms with Gasteiger partial charge in [0.2, 0.25) is 0 Å². The summed E-state index contributed by atoms with van der Waals surface area (Å²) in [6.07, 6.45) is 1.85. The molecule has 0 aliphatic carbocycles. The Hall–Kier alpha value is -1.21. The number of nitrogens with zero attached hydrogens (tertiary/aromatic N) is 6. The highest BCUT2D eigenvalue weighted by Crippen LogP contribution is 2.22. The maximum atomic E-state index is 5.86. The van der Waals surface area contributed by atoms with Crippen LogP contribution in [-0.4, -0.2) is 30.8 Å². The highest BCUT2D eigenvalue weighted by Gasteiger charge is 2.12. The molecule has 0 aliphatic heterocycles. The van der Waals surface area contributed by atoms with Crippen LogP contribution in [0.2, 0.25) is 5.15 Å². The molecule has 8 heteroatoms. The molecule has 0 saturated carbocycles. The van der Waals surface area contributed by atoms with Crippen molar-refractivity contribution in [3.8, 4) is 0 Å². The Morgan fingerprint density at radius 2 is 2.33 bits per heavy atom. The van der Waals surface area contributed by atoms with Gasteiger partial charge in [0, 0.05) is 20.3 Å². The second-order valence-corrected chi connectivity index (χ2v) is 4.00. The first-order chi connectivity index (χ1) is 7.16. The van der Waals surface area contributed by atoms with E-state index in [0.717, 1.165) is 17.4 Å². The lowest BCUT2D eigenvalue weighted by atomic mass is 10.4. The molecule has 0 saturated heterocycles. The molecule has 0 spiro atoms. The van der Waals surface area contributed by atoms with E-state index in [-0.39, 0.29) is 0 Å². The first kappa shape index (κ1) is 10.3. The minimum absolute atomic E-state index is 0.423. The molecule has 0 fully saturated rings. The summed E-state index contributed by atoms with van der Waals surface area (Å²) in [5, 5.41) is 8.25. The van der Waals surface area contributed by atoms with E-state index in [1.54, 1.807) is 4.68 Å². The van der Waals surface area contributed by atoms with Crippen molar-refractivity contribution in [2.75, 3.05) is 11.9 Å². The molecule has 0 radical (unpaired) electrons. The van der Waals surface area contributed by atoms with Gasteiger partial charge in [0.1, 0.15) is 5.69 Å². The summed E-state index contributed by atoms with van der Waals surface area (Å²) >= 11 is 6.96. The van der Waals surface area contributed by atoms with Crippen molar-refractivity contribution in [1.82, 2.24) is 23.7 Å². The summed E-state index contributed by atoms with van der Waals surface area (Å²) in [5.74, 6) is 0.673. The van der Waals surface area contributed by atoms with Gasteiger partial charge < -0.3 is 4.90 Å². The van der Waals surface area contributed by atoms with E-state index in [2.05, 4.69) is 19.1 Å². The molecular formula is C7H9ClN6S. The Labute approximate surface area is 95.8 Å². The maximum Gasteiger partial charge on any atom is 0.187 e. The van der Waals surface area contributed by atoms with Gasteiger partial charge in [-0.1, -0.05) is 16.8 Å². The lowest BCUT2D eigenvalue weighted by molar-refractivity contribution is 0.712. The van der Waals surface area contributed by atoms with Crippen LogP contribution in [0.15, 0.2) is 6.20 Å². The van der Waals surface area contributed by atoms with Crippen molar-refractivity contribution in [2.45, 2.75) is 6.54 Å². The van der Waals surface area contributed by atoms with Crippen LogP contribution in [0.5, 0.6) is 0 Å². The summed E-state index contributed by atoms with van der Waals surface area (Å²) < 4.78 is 9.64. The summed E-state index contributed by atoms with van der Waals surface area (Å²) in [7, 11) is 3.71. The SMILES string of the molecule is CN(Cc1cn(C)nn1)c1nsnc1Cl. The third-order valence-corrected chi connectivity index (χ3v) is 2.72. The minimum atomic E-state index is 0.423. The smallest absolute Gasteiger partial charge is 0.187 e. The predicted octanol–water partition coefficient (Wildman–Crippen LogP) is 0.956. The van der Waals surface area contributed by atoms with E-state index in [1.807, 2.05) is 25.2 Å². The topological polar surface area (TPSA) is 59.7 Å². The first-order valence-corrected chi connectivity index (χ1v) is 5.32. The Kier molecular flexibility index (Phi) is 2.83. The van der Waals surface area contributed by atoms with Crippen LogP contribution < -0.4 is 4.90 Å². The minimum Gasteiger partial charge on any atom is -0.350 e. The highest BCUT2D eigenvalue weighted by molar-refractivity contribution is 6.99. The second-order valence-electron chi connectivity index (χ2n) is 3.12. The van der Waals surface area contributed by atoms with Crippen LogP contribution >= 0.6 is 23.3 Å². The van der Waals surface area contributed by atoms with Gasteiger partial charge in [-0.3, -0.25) is 4.68 Å². The summed E-state index contributed by atoms with van der Waals surface area (Å²) in [6, 6.07) is 0. The molecule has 2 rings (SSSR count). The summed E-state index contributed by atoms with van der Waals surface area (Å²) in [6.45, 7) is 0.610. The van der Waals surface area contributed by atoms with Crippen LogP contribution in [0.4, 0.5) is 5.82 Å². The van der Waals surface area contributed by atoms with Crippen LogP contribution in [0.1, 0.15) is 5.69 Å². The van der Waals surface area contributed by atoms with E-state index in [1.165, 1.54) is 0 Å². The van der Waals surface area contributed by atoms with Gasteiger partial charge in [-0.05, 0) is 0 Å². The van der Waals surface area contributed by atoms with Gasteiger partial charge in [-0.15, -0.1) is 5.10 Å². The van der Waals surface area contributed by atoms with E-state index in [9.17, 15) is 0 Å². The Morgan fingerprint density at radius 1 is 1.53 bits per heavy atom. The number of aryl methyl sites for hydroxylation is 1. The van der Waals surface area contributed by atoms with Gasteiger partial charge in [0.15, 0.2) is 11.0 Å². The zero-order valence-corrected chi connectivity index (χ0v) is 9.83. The van der Waals surface area contributed by atoms with Gasteiger partial charge in [0.05, 0.1) is 18.3 Å². The van der Waals surface area contributed by atoms with Crippen molar-refractivity contribution in [2.24, 2.45) is 7.05 Å². The van der Waals surface area contributed by atoms with Crippen LogP contribution in [0.3, 0.4) is 0 Å². The summed E-state index contributed by atoms with van der Waals surface area (Å²) in [5.41, 5.74) is 0.865. The zero-order chi connectivity index (χ0) is 10.8. The molecule has 0 aromatic carbocycles. The van der Waals surface area contributed by atoms with E-state index >= 15 is 0 Å². The molecule has 0 aliphatic rings. The van der Waals surface area contributed by atoms with Crippen molar-refractivity contribution >= 4 is 29.1 Å². The molecule has 2 aromatic rings. The molecule has 2 heterocycles. The molecule has 15 heavy (non-hydrogen) atoms. The van der Waals surface area contributed by atoms with Crippen LogP contribution in [-0.2, 0) is 13.6 Å². The van der Waals surface area contributed by atoms with Crippen molar-refractivity contribution in [3.05, 3.63) is 17.0 Å². The number of rotatable bonds is 3. The van der Waals surface area contributed by atoms with Gasteiger partial charge in [-0.2, -0.15) is 8.75 Å². The lowest BCUT2D eigenvalue weighted by Gasteiger charge is -2.13. The average Bonchev–Trinajstić information content (AvgIpc) is 2.75. The normalized spacial score (nSPS) is 10.6. The fourth-order valence-electron chi connectivity index (χ4n) is 1.19. The largest absolute Gasteiger partial charge is 0.350 e. The second kappa shape index (κ2) is 4.11. The molecule has 6 nitrogen and oxygen atoms in total. The van der Waals surface area contributed by atoms with Crippen LogP contribution in [0.25, 0.3) is 0 Å². The number of halogens is 1. The number of aromatic nitrogens is 5. The molecule has 0 unspecified atom stereocenters. The molecule has 0 atom stereocenters. The molecule has 80 valence electrons. The lowest BCUT2D eigenvalue weighted by Crippen LogP contribution is -2.17. The molecule has 0 amide bonds. The predicted molar refractivity (Wildman–Crippen MR) is 58.0 cm³/mol. The fraction of sp³-hybridized carbons (Fsp3) is 0.429. The average molecular weight is 245 g/mol. The Bertz CT molecular complexity index is 452. The monoisotopic (exact) mass is 244 g/mol. The number of hydrogen-bond donors (Lipinski definition) is 0. The molecule has 0 N–H and O–H groups in total. The number of anilines is 1. The molecule has 2 aromatic heterocycles. The van der Waals surface area contributed by atoms with Gasteiger partial charge in [-0.25, -0.2) is 0 Å². The van der Waals surface area contributed by atoms with Crippen LogP contribution in [0, 0.1) is 0 Å². The quantitative estimate of drug-likeness (QED) is 0.805. The maximum absolute atomic E-state index is 5.86. The van der Waals surface area contributed by atoms with E-state index < -0.39 is 0 Å². The standard InChI is InChI=1S/C7H9ClN6S/c1-13(7-6(8)10-15-11-7)3-5-4-14(2)12-9-5/h4H,3H2,1-2H3. The van der Waals surface area contributed by atoms with Crippen molar-refractivity contribution in [3.63, 3.8) is 0 Å². The number of hydrogen-bond acceptors (Lipinski definition) is 6. The van der Waals surface area contributed by atoms with Crippen molar-refractivity contribution in [1.29, 1.82) is 0 Å². The fourth-order valence-corrected chi connectivity index (χ4v) is 2.01. The van der Waals surface area contributed by atoms with Gasteiger partial charge in [0.25, 0.3) is 0 Å². The highest BCUT2D eigenvalue weighted by atomic mass is 35.5. The first-order valence-electron chi connectivity index (χ1n) is 4.21. The Balaban J connectivity index is 2.10. The van der Waals surface area contributed by atoms with Gasteiger partial charge >= 0.3 is 0 Å².